The molecule has 0 aromatic heterocycles. The Morgan fingerprint density at radius 3 is 2.36 bits per heavy atom. The van der Waals surface area contributed by atoms with E-state index < -0.39 is 0 Å². The van der Waals surface area contributed by atoms with Gasteiger partial charge in [0.1, 0.15) is 0 Å². The number of hydrogen-bond donors (Lipinski definition) is 0. The highest BCUT2D eigenvalue weighted by Crippen LogP contribution is 2.27. The summed E-state index contributed by atoms with van der Waals surface area (Å²) in [5.74, 6) is 0. The summed E-state index contributed by atoms with van der Waals surface area (Å²) in [5.41, 5.74) is 0.213. The van der Waals surface area contributed by atoms with Crippen molar-refractivity contribution in [3.05, 3.63) is 0 Å². The third-order valence-electron chi connectivity index (χ3n) is 2.22. The molecule has 3 heteroatoms. The highest BCUT2D eigenvalue weighted by molar-refractivity contribution is 7.94. The molecule has 1 heterocycles. The predicted octanol–water partition coefficient (Wildman–Crippen LogP) is 2.48. The summed E-state index contributed by atoms with van der Waals surface area (Å²) in [6.07, 6.45) is 0.998. The van der Waals surface area contributed by atoms with Crippen molar-refractivity contribution in [2.45, 2.75) is 38.0 Å². The van der Waals surface area contributed by atoms with Crippen LogP contribution < -0.4 is 0 Å². The molecule has 1 rings (SSSR count). The van der Waals surface area contributed by atoms with Crippen LogP contribution in [-0.4, -0.2) is 28.8 Å². The Labute approximate surface area is 72.6 Å². The summed E-state index contributed by atoms with van der Waals surface area (Å²) in [6.45, 7) is 8.49. The average molecular weight is 177 g/mol. The zero-order valence-electron chi connectivity index (χ0n) is 7.43. The molecule has 11 heavy (non-hydrogen) atoms. The quantitative estimate of drug-likeness (QED) is 0.605. The number of likely N-dealkylation sites (tertiary alicyclic amines) is 1. The molecule has 66 valence electrons. The van der Waals surface area contributed by atoms with Crippen molar-refractivity contribution >= 4 is 12.1 Å². The van der Waals surface area contributed by atoms with Gasteiger partial charge in [0.2, 0.25) is 0 Å². The molecule has 1 unspecified atom stereocenters. The largest absolute Gasteiger partial charge is 0.297 e. The first kappa shape index (κ1) is 9.33. The molecule has 0 aliphatic carbocycles. The molecule has 1 aliphatic heterocycles. The van der Waals surface area contributed by atoms with Crippen LogP contribution in [0.15, 0.2) is 0 Å². The molecule has 0 bridgehead atoms. The Balaban J connectivity index is 2.42. The molecule has 1 aliphatic rings. The maximum Gasteiger partial charge on any atom is 0.0503 e. The van der Waals surface area contributed by atoms with Gasteiger partial charge in [0.15, 0.2) is 0 Å². The lowest BCUT2D eigenvalue weighted by atomic mass is 10.1. The fourth-order valence-corrected chi connectivity index (χ4v) is 1.84. The van der Waals surface area contributed by atoms with Crippen LogP contribution in [0.25, 0.3) is 0 Å². The molecule has 0 spiro atoms. The molecule has 1 nitrogen and oxygen atoms in total. The maximum atomic E-state index is 12.1. The third kappa shape index (κ3) is 2.34. The molecule has 1 fully saturated rings. The summed E-state index contributed by atoms with van der Waals surface area (Å²) in [7, 11) is 0. The molecule has 0 radical (unpaired) electrons. The monoisotopic (exact) mass is 177 g/mol. The van der Waals surface area contributed by atoms with Gasteiger partial charge in [0.25, 0.3) is 0 Å². The lowest BCUT2D eigenvalue weighted by Gasteiger charge is -2.31. The van der Waals surface area contributed by atoms with Crippen LogP contribution in [-0.2, 0) is 0 Å². The summed E-state index contributed by atoms with van der Waals surface area (Å²) >= 11 is 0.511. The van der Waals surface area contributed by atoms with Gasteiger partial charge in [-0.2, -0.15) is 3.89 Å². The lowest BCUT2D eigenvalue weighted by Crippen LogP contribution is -2.39. The number of nitrogens with zero attached hydrogens (tertiary/aromatic N) is 1. The van der Waals surface area contributed by atoms with E-state index in [1.807, 2.05) is 0 Å². The Bertz CT molecular complexity index is 133. The smallest absolute Gasteiger partial charge is 0.0503 e. The van der Waals surface area contributed by atoms with Crippen LogP contribution >= 0.6 is 12.1 Å². The average Bonchev–Trinajstić information content (AvgIpc) is 2.32. The topological polar surface area (TPSA) is 3.24 Å². The minimum Gasteiger partial charge on any atom is -0.297 e. The third-order valence-corrected chi connectivity index (χ3v) is 2.86. The van der Waals surface area contributed by atoms with Crippen LogP contribution in [0, 0.1) is 0 Å². The van der Waals surface area contributed by atoms with Gasteiger partial charge in [-0.05, 0) is 33.7 Å². The van der Waals surface area contributed by atoms with E-state index in [-0.39, 0.29) is 10.8 Å². The van der Waals surface area contributed by atoms with Crippen LogP contribution in [0.1, 0.15) is 27.2 Å². The Morgan fingerprint density at radius 1 is 1.45 bits per heavy atom. The second-order valence-corrected chi connectivity index (χ2v) is 4.96. The first-order valence-electron chi connectivity index (χ1n) is 4.06. The van der Waals surface area contributed by atoms with E-state index in [4.69, 9.17) is 0 Å². The van der Waals surface area contributed by atoms with Crippen molar-refractivity contribution in [1.29, 1.82) is 0 Å². The molecule has 0 amide bonds. The van der Waals surface area contributed by atoms with Gasteiger partial charge in [0, 0.05) is 24.2 Å². The van der Waals surface area contributed by atoms with Crippen molar-refractivity contribution in [2.24, 2.45) is 0 Å². The molecule has 1 saturated heterocycles. The molecule has 1 atom stereocenters. The number of rotatable bonds is 1. The van der Waals surface area contributed by atoms with Crippen LogP contribution in [0.2, 0.25) is 0 Å². The molecule has 0 N–H and O–H groups in total. The van der Waals surface area contributed by atoms with Gasteiger partial charge in [-0.1, -0.05) is 0 Å². The zero-order valence-corrected chi connectivity index (χ0v) is 8.25. The van der Waals surface area contributed by atoms with E-state index in [0.29, 0.717) is 12.1 Å². The predicted molar refractivity (Wildman–Crippen MR) is 48.4 cm³/mol. The Kier molecular flexibility index (Phi) is 2.81. The zero-order chi connectivity index (χ0) is 8.48. The van der Waals surface area contributed by atoms with Gasteiger partial charge >= 0.3 is 0 Å². The van der Waals surface area contributed by atoms with Crippen LogP contribution in [0.4, 0.5) is 3.89 Å². The molecule has 0 saturated carbocycles. The fraction of sp³-hybridized carbons (Fsp3) is 1.00. The normalized spacial score (nSPS) is 27.8. The first-order chi connectivity index (χ1) is 5.04. The molecule has 0 aromatic carbocycles. The summed E-state index contributed by atoms with van der Waals surface area (Å²) in [5, 5.41) is 0.217. The highest BCUT2D eigenvalue weighted by atomic mass is 32.2. The van der Waals surface area contributed by atoms with E-state index in [9.17, 15) is 3.89 Å². The lowest BCUT2D eigenvalue weighted by molar-refractivity contribution is 0.175. The van der Waals surface area contributed by atoms with Gasteiger partial charge < -0.3 is 0 Å². The fourth-order valence-electron chi connectivity index (χ4n) is 1.41. The van der Waals surface area contributed by atoms with Gasteiger partial charge in [0.05, 0.1) is 5.25 Å². The van der Waals surface area contributed by atoms with Gasteiger partial charge in [-0.25, -0.2) is 0 Å². The van der Waals surface area contributed by atoms with Gasteiger partial charge in [-0.3, -0.25) is 4.90 Å². The van der Waals surface area contributed by atoms with E-state index >= 15 is 0 Å². The van der Waals surface area contributed by atoms with Crippen molar-refractivity contribution < 1.29 is 3.89 Å². The molecular weight excluding hydrogens is 161 g/mol. The molecular formula is C8H16FNS. The SMILES string of the molecule is CC(C)(C)N1CCC(SF)C1. The summed E-state index contributed by atoms with van der Waals surface area (Å²) < 4.78 is 12.1. The summed E-state index contributed by atoms with van der Waals surface area (Å²) in [4.78, 5) is 2.34. The van der Waals surface area contributed by atoms with Crippen molar-refractivity contribution in [1.82, 2.24) is 4.90 Å². The minimum absolute atomic E-state index is 0.213. The minimum atomic E-state index is 0.213. The Hall–Kier alpha value is 0.240. The second-order valence-electron chi connectivity index (χ2n) is 4.12. The Morgan fingerprint density at radius 2 is 2.09 bits per heavy atom. The van der Waals surface area contributed by atoms with Crippen molar-refractivity contribution in [3.8, 4) is 0 Å². The van der Waals surface area contributed by atoms with Crippen molar-refractivity contribution in [3.63, 3.8) is 0 Å². The second kappa shape index (κ2) is 3.31. The maximum absolute atomic E-state index is 12.1. The standard InChI is InChI=1S/C8H16FNS/c1-8(2,3)10-5-4-7(6-10)11-9/h7H,4-6H2,1-3H3. The van der Waals surface area contributed by atoms with Gasteiger partial charge in [-0.15, -0.1) is 0 Å². The van der Waals surface area contributed by atoms with E-state index in [1.165, 1.54) is 0 Å². The van der Waals surface area contributed by atoms with E-state index in [2.05, 4.69) is 25.7 Å². The first-order valence-corrected chi connectivity index (χ1v) is 4.84. The van der Waals surface area contributed by atoms with E-state index in [1.54, 1.807) is 0 Å². The van der Waals surface area contributed by atoms with Crippen LogP contribution in [0.5, 0.6) is 0 Å². The van der Waals surface area contributed by atoms with Crippen LogP contribution in [0.3, 0.4) is 0 Å². The number of hydrogen-bond acceptors (Lipinski definition) is 2. The molecule has 0 aromatic rings. The summed E-state index contributed by atoms with van der Waals surface area (Å²) in [6, 6.07) is 0. The van der Waals surface area contributed by atoms with Crippen molar-refractivity contribution in [2.75, 3.05) is 13.1 Å². The highest BCUT2D eigenvalue weighted by Gasteiger charge is 2.30. The number of halogens is 1. The van der Waals surface area contributed by atoms with E-state index in [0.717, 1.165) is 19.5 Å².